The summed E-state index contributed by atoms with van der Waals surface area (Å²) in [5, 5.41) is 0. The molecule has 2 heterocycles. The molecule has 0 spiro atoms. The van der Waals surface area contributed by atoms with Crippen molar-refractivity contribution in [1.29, 1.82) is 0 Å². The van der Waals surface area contributed by atoms with Gasteiger partial charge in [-0.05, 0) is 46.4 Å². The minimum atomic E-state index is -0.451. The van der Waals surface area contributed by atoms with Gasteiger partial charge in [-0.25, -0.2) is 9.37 Å². The van der Waals surface area contributed by atoms with Gasteiger partial charge in [0.1, 0.15) is 12.4 Å². The fraction of sp³-hybridized carbons (Fsp3) is 0.111. The molecule has 0 N–H and O–H groups in total. The Hall–Kier alpha value is -2.42. The fourth-order valence-corrected chi connectivity index (χ4v) is 2.58. The van der Waals surface area contributed by atoms with Gasteiger partial charge in [-0.2, -0.15) is 0 Å². The van der Waals surface area contributed by atoms with Crippen LogP contribution in [0.2, 0.25) is 0 Å². The average Bonchev–Trinajstić information content (AvgIpc) is 2.64. The van der Waals surface area contributed by atoms with Crippen LogP contribution in [-0.4, -0.2) is 16.7 Å². The normalized spacial score (nSPS) is 10.5. The summed E-state index contributed by atoms with van der Waals surface area (Å²) in [4.78, 5) is 16.0. The molecule has 0 aliphatic carbocycles. The van der Waals surface area contributed by atoms with Gasteiger partial charge < -0.3 is 14.0 Å². The molecule has 5 nitrogen and oxygen atoms in total. The summed E-state index contributed by atoms with van der Waals surface area (Å²) >= 11 is 1.89. The van der Waals surface area contributed by atoms with Crippen molar-refractivity contribution < 1.29 is 13.9 Å². The Bertz CT molecular complexity index is 942. The third kappa shape index (κ3) is 3.98. The van der Waals surface area contributed by atoms with Crippen molar-refractivity contribution in [2.45, 2.75) is 6.61 Å². The molecule has 2 aromatic heterocycles. The first kappa shape index (κ1) is 17.4. The van der Waals surface area contributed by atoms with Gasteiger partial charge in [-0.3, -0.25) is 4.79 Å². The predicted molar refractivity (Wildman–Crippen MR) is 99.8 cm³/mol. The maximum absolute atomic E-state index is 14.2. The summed E-state index contributed by atoms with van der Waals surface area (Å²) in [7, 11) is 1.59. The van der Waals surface area contributed by atoms with Crippen LogP contribution in [-0.2, 0) is 6.61 Å². The van der Waals surface area contributed by atoms with E-state index < -0.39 is 5.82 Å². The van der Waals surface area contributed by atoms with Crippen LogP contribution < -0.4 is 14.9 Å². The van der Waals surface area contributed by atoms with Crippen LogP contribution in [0.4, 0.5) is 4.39 Å². The lowest BCUT2D eigenvalue weighted by Gasteiger charge is -2.11. The number of ether oxygens (including phenoxy) is 2. The zero-order valence-corrected chi connectivity index (χ0v) is 15.4. The first-order chi connectivity index (χ1) is 12.1. The first-order valence-corrected chi connectivity index (χ1v) is 8.45. The lowest BCUT2D eigenvalue weighted by Crippen LogP contribution is -2.11. The van der Waals surface area contributed by atoms with Crippen LogP contribution in [0.25, 0.3) is 5.82 Å². The second-order valence-corrected chi connectivity index (χ2v) is 6.31. The van der Waals surface area contributed by atoms with Crippen molar-refractivity contribution in [2.24, 2.45) is 0 Å². The summed E-state index contributed by atoms with van der Waals surface area (Å²) < 4.78 is 26.8. The molecule has 3 rings (SSSR count). The van der Waals surface area contributed by atoms with Gasteiger partial charge in [-0.1, -0.05) is 12.1 Å². The van der Waals surface area contributed by atoms with Gasteiger partial charge in [0, 0.05) is 18.5 Å². The smallest absolute Gasteiger partial charge is 0.223 e. The van der Waals surface area contributed by atoms with E-state index in [0.29, 0.717) is 3.57 Å². The van der Waals surface area contributed by atoms with E-state index in [-0.39, 0.29) is 23.6 Å². The van der Waals surface area contributed by atoms with E-state index in [1.807, 2.05) is 46.9 Å². The lowest BCUT2D eigenvalue weighted by molar-refractivity contribution is 0.301. The zero-order valence-electron chi connectivity index (χ0n) is 13.3. The van der Waals surface area contributed by atoms with Crippen LogP contribution in [0.5, 0.6) is 11.5 Å². The topological polar surface area (TPSA) is 53.4 Å². The third-order valence-corrected chi connectivity index (χ3v) is 4.34. The molecule has 1 aromatic carbocycles. The molecule has 0 atom stereocenters. The molecule has 25 heavy (non-hydrogen) atoms. The SMILES string of the molecule is COc1ccc(COc2cn(-c3nccc(I)c3F)ccc2=O)cc1. The highest BCUT2D eigenvalue weighted by Gasteiger charge is 2.11. The number of pyridine rings is 2. The Morgan fingerprint density at radius 1 is 1.20 bits per heavy atom. The molecule has 0 saturated carbocycles. The zero-order chi connectivity index (χ0) is 17.8. The quantitative estimate of drug-likeness (QED) is 0.556. The number of halogens is 2. The standard InChI is InChI=1S/C18H14FIN2O3/c1-24-13-4-2-12(3-5-13)11-25-16-10-22(9-7-15(16)23)18-17(19)14(20)6-8-21-18/h2-10H,11H2,1H3. The van der Waals surface area contributed by atoms with Crippen molar-refractivity contribution in [1.82, 2.24) is 9.55 Å². The van der Waals surface area contributed by atoms with Crippen molar-refractivity contribution in [3.8, 4) is 17.3 Å². The Morgan fingerprint density at radius 3 is 2.68 bits per heavy atom. The van der Waals surface area contributed by atoms with Crippen LogP contribution >= 0.6 is 22.6 Å². The molecule has 0 amide bonds. The van der Waals surface area contributed by atoms with Gasteiger partial charge in [0.2, 0.25) is 5.43 Å². The number of nitrogens with zero attached hydrogens (tertiary/aromatic N) is 2. The molecule has 3 aromatic rings. The second-order valence-electron chi connectivity index (χ2n) is 5.15. The summed E-state index contributed by atoms with van der Waals surface area (Å²) in [5.74, 6) is 0.526. The third-order valence-electron chi connectivity index (χ3n) is 3.51. The molecule has 0 aliphatic rings. The van der Waals surface area contributed by atoms with Crippen molar-refractivity contribution in [2.75, 3.05) is 7.11 Å². The van der Waals surface area contributed by atoms with E-state index in [9.17, 15) is 9.18 Å². The Labute approximate surface area is 157 Å². The van der Waals surface area contributed by atoms with Gasteiger partial charge in [0.05, 0.1) is 16.9 Å². The summed E-state index contributed by atoms with van der Waals surface area (Å²) in [6.45, 7) is 0.214. The number of hydrogen-bond donors (Lipinski definition) is 0. The maximum atomic E-state index is 14.2. The van der Waals surface area contributed by atoms with E-state index in [0.717, 1.165) is 11.3 Å². The second kappa shape index (κ2) is 7.64. The minimum absolute atomic E-state index is 0.112. The van der Waals surface area contributed by atoms with E-state index in [1.165, 1.54) is 29.2 Å². The van der Waals surface area contributed by atoms with Crippen LogP contribution in [0.1, 0.15) is 5.56 Å². The van der Waals surface area contributed by atoms with Gasteiger partial charge in [-0.15, -0.1) is 0 Å². The minimum Gasteiger partial charge on any atom is -0.497 e. The van der Waals surface area contributed by atoms with Crippen LogP contribution in [0.3, 0.4) is 0 Å². The molecule has 0 bridgehead atoms. The molecule has 128 valence electrons. The maximum Gasteiger partial charge on any atom is 0.223 e. The number of aromatic nitrogens is 2. The van der Waals surface area contributed by atoms with Gasteiger partial charge >= 0.3 is 0 Å². The Morgan fingerprint density at radius 2 is 1.96 bits per heavy atom. The Balaban J connectivity index is 1.84. The molecule has 0 aliphatic heterocycles. The number of benzene rings is 1. The molecule has 0 saturated heterocycles. The largest absolute Gasteiger partial charge is 0.497 e. The summed E-state index contributed by atoms with van der Waals surface area (Å²) in [5.41, 5.74) is 0.602. The van der Waals surface area contributed by atoms with Crippen molar-refractivity contribution >= 4 is 22.6 Å². The highest BCUT2D eigenvalue weighted by Crippen LogP contribution is 2.18. The fourth-order valence-electron chi connectivity index (χ4n) is 2.18. The molecular weight excluding hydrogens is 438 g/mol. The monoisotopic (exact) mass is 452 g/mol. The molecule has 0 radical (unpaired) electrons. The lowest BCUT2D eigenvalue weighted by atomic mass is 10.2. The molecule has 7 heteroatoms. The molecule has 0 unspecified atom stereocenters. The summed E-state index contributed by atoms with van der Waals surface area (Å²) in [6.07, 6.45) is 4.41. The molecular formula is C18H14FIN2O3. The molecule has 0 fully saturated rings. The first-order valence-electron chi connectivity index (χ1n) is 7.37. The highest BCUT2D eigenvalue weighted by atomic mass is 127. The number of methoxy groups -OCH3 is 1. The predicted octanol–water partition coefficient (Wildman–Crippen LogP) is 3.56. The van der Waals surface area contributed by atoms with E-state index in [4.69, 9.17) is 9.47 Å². The van der Waals surface area contributed by atoms with Crippen LogP contribution in [0, 0.1) is 9.39 Å². The van der Waals surface area contributed by atoms with E-state index >= 15 is 0 Å². The summed E-state index contributed by atoms with van der Waals surface area (Å²) in [6, 6.07) is 10.2. The number of rotatable bonds is 5. The average molecular weight is 452 g/mol. The Kier molecular flexibility index (Phi) is 5.32. The van der Waals surface area contributed by atoms with Crippen molar-refractivity contribution in [3.05, 3.63) is 80.2 Å². The number of hydrogen-bond acceptors (Lipinski definition) is 4. The van der Waals surface area contributed by atoms with Gasteiger partial charge in [0.15, 0.2) is 17.4 Å². The van der Waals surface area contributed by atoms with Crippen molar-refractivity contribution in [3.63, 3.8) is 0 Å². The highest BCUT2D eigenvalue weighted by molar-refractivity contribution is 14.1. The van der Waals surface area contributed by atoms with Gasteiger partial charge in [0.25, 0.3) is 0 Å². The van der Waals surface area contributed by atoms with E-state index in [1.54, 1.807) is 13.2 Å². The van der Waals surface area contributed by atoms with Crippen LogP contribution in [0.15, 0.2) is 59.8 Å². The van der Waals surface area contributed by atoms with E-state index in [2.05, 4.69) is 4.98 Å².